The number of hydrogen-bond donors (Lipinski definition) is 1. The Labute approximate surface area is 143 Å². The minimum Gasteiger partial charge on any atom is -0.351 e. The Morgan fingerprint density at radius 3 is 2.50 bits per heavy atom. The molecule has 6 heteroatoms. The summed E-state index contributed by atoms with van der Waals surface area (Å²) in [5.74, 6) is -1.17. The molecular formula is C18H26FNO3S. The summed E-state index contributed by atoms with van der Waals surface area (Å²) in [4.78, 5) is 12.5. The number of sulfone groups is 1. The maximum atomic E-state index is 13.2. The molecule has 4 nitrogen and oxygen atoms in total. The molecule has 0 spiro atoms. The third-order valence-electron chi connectivity index (χ3n) is 4.59. The molecule has 2 rings (SSSR count). The lowest BCUT2D eigenvalue weighted by molar-refractivity contribution is -0.121. The molecule has 24 heavy (non-hydrogen) atoms. The van der Waals surface area contributed by atoms with E-state index in [9.17, 15) is 17.6 Å². The van der Waals surface area contributed by atoms with Crippen molar-refractivity contribution in [2.45, 2.75) is 63.0 Å². The Morgan fingerprint density at radius 1 is 1.25 bits per heavy atom. The fraction of sp³-hybridized carbons (Fsp3) is 0.611. The minimum atomic E-state index is -3.52. The van der Waals surface area contributed by atoms with E-state index in [0.717, 1.165) is 19.3 Å². The first-order valence-corrected chi connectivity index (χ1v) is 10.2. The Morgan fingerprint density at radius 2 is 1.92 bits per heavy atom. The Balaban J connectivity index is 2.10. The Hall–Kier alpha value is -1.43. The summed E-state index contributed by atoms with van der Waals surface area (Å²) in [5.41, 5.74) is 0.612. The maximum absolute atomic E-state index is 13.2. The fourth-order valence-electron chi connectivity index (χ4n) is 3.37. The standard InChI is InChI=1S/C18H26FNO3S/c1-13(2)17(24(22,23)16-9-4-3-5-10-16)18(21)20-12-14-7-6-8-15(19)11-14/h6-8,11,13,16-17H,3-5,9-10,12H2,1-2H3,(H,20,21). The molecule has 1 N–H and O–H groups in total. The van der Waals surface area contributed by atoms with Gasteiger partial charge in [-0.25, -0.2) is 12.8 Å². The number of amides is 1. The van der Waals surface area contributed by atoms with Crippen molar-refractivity contribution in [3.05, 3.63) is 35.6 Å². The van der Waals surface area contributed by atoms with Gasteiger partial charge in [-0.2, -0.15) is 0 Å². The smallest absolute Gasteiger partial charge is 0.238 e. The molecule has 134 valence electrons. The summed E-state index contributed by atoms with van der Waals surface area (Å²) in [6, 6.07) is 5.93. The molecule has 1 aliphatic rings. The Kier molecular flexibility index (Phi) is 6.38. The number of carbonyl (C=O) groups excluding carboxylic acids is 1. The first kappa shape index (κ1) is 18.9. The van der Waals surface area contributed by atoms with Crippen LogP contribution in [0.4, 0.5) is 4.39 Å². The zero-order chi connectivity index (χ0) is 17.7. The molecule has 1 unspecified atom stereocenters. The van der Waals surface area contributed by atoms with Gasteiger partial charge in [0.25, 0.3) is 0 Å². The summed E-state index contributed by atoms with van der Waals surface area (Å²) in [7, 11) is -3.52. The van der Waals surface area contributed by atoms with Crippen molar-refractivity contribution in [3.63, 3.8) is 0 Å². The van der Waals surface area contributed by atoms with E-state index in [1.165, 1.54) is 12.1 Å². The van der Waals surface area contributed by atoms with Gasteiger partial charge in [-0.15, -0.1) is 0 Å². The van der Waals surface area contributed by atoms with Crippen LogP contribution < -0.4 is 5.32 Å². The van der Waals surface area contributed by atoms with E-state index in [1.54, 1.807) is 26.0 Å². The zero-order valence-corrected chi connectivity index (χ0v) is 15.1. The molecule has 0 radical (unpaired) electrons. The average Bonchev–Trinajstić information content (AvgIpc) is 2.53. The maximum Gasteiger partial charge on any atom is 0.238 e. The highest BCUT2D eigenvalue weighted by atomic mass is 32.2. The van der Waals surface area contributed by atoms with Gasteiger partial charge in [0.1, 0.15) is 11.1 Å². The lowest BCUT2D eigenvalue weighted by Gasteiger charge is -2.28. The van der Waals surface area contributed by atoms with Gasteiger partial charge < -0.3 is 5.32 Å². The van der Waals surface area contributed by atoms with Crippen LogP contribution in [0.15, 0.2) is 24.3 Å². The molecule has 0 heterocycles. The molecule has 1 aliphatic carbocycles. The second-order valence-corrected chi connectivity index (χ2v) is 9.21. The van der Waals surface area contributed by atoms with Crippen LogP contribution in [0.2, 0.25) is 0 Å². The third kappa shape index (κ3) is 4.56. The van der Waals surface area contributed by atoms with Gasteiger partial charge in [0.15, 0.2) is 9.84 Å². The molecule has 0 aromatic heterocycles. The van der Waals surface area contributed by atoms with Gasteiger partial charge in [-0.05, 0) is 36.5 Å². The van der Waals surface area contributed by atoms with E-state index in [2.05, 4.69) is 5.32 Å². The average molecular weight is 355 g/mol. The predicted molar refractivity (Wildman–Crippen MR) is 92.7 cm³/mol. The molecule has 1 atom stereocenters. The lowest BCUT2D eigenvalue weighted by Crippen LogP contribution is -2.47. The van der Waals surface area contributed by atoms with Crippen molar-refractivity contribution in [3.8, 4) is 0 Å². The van der Waals surface area contributed by atoms with Crippen molar-refractivity contribution < 1.29 is 17.6 Å². The van der Waals surface area contributed by atoms with E-state index < -0.39 is 26.2 Å². The summed E-state index contributed by atoms with van der Waals surface area (Å²) in [6.45, 7) is 3.64. The normalized spacial score (nSPS) is 17.7. The monoisotopic (exact) mass is 355 g/mol. The van der Waals surface area contributed by atoms with Crippen LogP contribution in [0.5, 0.6) is 0 Å². The van der Waals surface area contributed by atoms with E-state index in [1.807, 2.05) is 0 Å². The van der Waals surface area contributed by atoms with Crippen molar-refractivity contribution in [1.82, 2.24) is 5.32 Å². The minimum absolute atomic E-state index is 0.125. The van der Waals surface area contributed by atoms with Crippen molar-refractivity contribution in [2.24, 2.45) is 5.92 Å². The van der Waals surface area contributed by atoms with E-state index >= 15 is 0 Å². The molecule has 1 saturated carbocycles. The fourth-order valence-corrected chi connectivity index (χ4v) is 5.91. The van der Waals surface area contributed by atoms with Crippen LogP contribution >= 0.6 is 0 Å². The highest BCUT2D eigenvalue weighted by Crippen LogP contribution is 2.29. The van der Waals surface area contributed by atoms with Crippen molar-refractivity contribution in [1.29, 1.82) is 0 Å². The SMILES string of the molecule is CC(C)C(C(=O)NCc1cccc(F)c1)S(=O)(=O)C1CCCCC1. The second kappa shape index (κ2) is 8.10. The molecular weight excluding hydrogens is 329 g/mol. The number of carbonyl (C=O) groups is 1. The van der Waals surface area contributed by atoms with E-state index in [0.29, 0.717) is 18.4 Å². The van der Waals surface area contributed by atoms with Gasteiger partial charge in [0, 0.05) is 6.54 Å². The van der Waals surface area contributed by atoms with Crippen LogP contribution in [0, 0.1) is 11.7 Å². The van der Waals surface area contributed by atoms with Crippen LogP contribution in [0.3, 0.4) is 0 Å². The van der Waals surface area contributed by atoms with Crippen LogP contribution in [0.25, 0.3) is 0 Å². The molecule has 1 amide bonds. The zero-order valence-electron chi connectivity index (χ0n) is 14.3. The first-order valence-electron chi connectivity index (χ1n) is 8.57. The van der Waals surface area contributed by atoms with Gasteiger partial charge in [0.05, 0.1) is 5.25 Å². The number of hydrogen-bond acceptors (Lipinski definition) is 3. The number of benzene rings is 1. The highest BCUT2D eigenvalue weighted by molar-refractivity contribution is 7.93. The van der Waals surface area contributed by atoms with E-state index in [4.69, 9.17) is 0 Å². The lowest BCUT2D eigenvalue weighted by atomic mass is 10.0. The summed E-state index contributed by atoms with van der Waals surface area (Å²) >= 11 is 0. The molecule has 0 saturated heterocycles. The molecule has 0 bridgehead atoms. The molecule has 1 fully saturated rings. The van der Waals surface area contributed by atoms with Gasteiger partial charge in [0.2, 0.25) is 5.91 Å². The highest BCUT2D eigenvalue weighted by Gasteiger charge is 2.40. The van der Waals surface area contributed by atoms with Crippen LogP contribution in [-0.2, 0) is 21.2 Å². The summed E-state index contributed by atoms with van der Waals surface area (Å²) in [5, 5.41) is 1.20. The van der Waals surface area contributed by atoms with Crippen molar-refractivity contribution in [2.75, 3.05) is 0 Å². The third-order valence-corrected chi connectivity index (χ3v) is 7.46. The topological polar surface area (TPSA) is 63.2 Å². The Bertz CT molecular complexity index is 667. The van der Waals surface area contributed by atoms with Crippen LogP contribution in [0.1, 0.15) is 51.5 Å². The predicted octanol–water partition coefficient (Wildman–Crippen LogP) is 3.21. The molecule has 1 aromatic rings. The first-order chi connectivity index (χ1) is 11.3. The number of nitrogens with one attached hydrogen (secondary N) is 1. The largest absolute Gasteiger partial charge is 0.351 e. The quantitative estimate of drug-likeness (QED) is 0.852. The van der Waals surface area contributed by atoms with Gasteiger partial charge in [-0.3, -0.25) is 4.79 Å². The second-order valence-electron chi connectivity index (χ2n) is 6.86. The summed E-state index contributed by atoms with van der Waals surface area (Å²) in [6.07, 6.45) is 4.15. The van der Waals surface area contributed by atoms with E-state index in [-0.39, 0.29) is 18.3 Å². The molecule has 0 aliphatic heterocycles. The van der Waals surface area contributed by atoms with Crippen LogP contribution in [-0.4, -0.2) is 24.8 Å². The summed E-state index contributed by atoms with van der Waals surface area (Å²) < 4.78 is 39.0. The van der Waals surface area contributed by atoms with Gasteiger partial charge in [-0.1, -0.05) is 45.2 Å². The molecule has 1 aromatic carbocycles. The number of rotatable bonds is 6. The number of halogens is 1. The van der Waals surface area contributed by atoms with Gasteiger partial charge >= 0.3 is 0 Å². The van der Waals surface area contributed by atoms with Crippen molar-refractivity contribution >= 4 is 15.7 Å².